The molecule has 0 aromatic heterocycles. The Morgan fingerprint density at radius 2 is 0.719 bits per heavy atom. The van der Waals surface area contributed by atoms with Crippen LogP contribution in [-0.2, 0) is 38.0 Å². The Morgan fingerprint density at radius 1 is 0.427 bits per heavy atom. The van der Waals surface area contributed by atoms with Crippen LogP contribution in [0.25, 0.3) is 0 Å². The van der Waals surface area contributed by atoms with E-state index in [0.717, 1.165) is 12.8 Å². The van der Waals surface area contributed by atoms with E-state index >= 15 is 0 Å². The molecule has 3 aliphatic carbocycles. The van der Waals surface area contributed by atoms with Crippen LogP contribution in [0, 0.1) is 32.5 Å². The summed E-state index contributed by atoms with van der Waals surface area (Å²) < 4.78 is 32.7. The Morgan fingerprint density at radius 3 is 1.03 bits per heavy atom. The molecule has 3 aliphatic rings. The number of hydrogen-bond acceptors (Lipinski definition) is 18. The summed E-state index contributed by atoms with van der Waals surface area (Å²) in [5, 5.41) is 50.4. The fourth-order valence-corrected chi connectivity index (χ4v) is 13.6. The molecule has 0 saturated heterocycles. The van der Waals surface area contributed by atoms with Gasteiger partial charge < -0.3 is 81.2 Å². The number of rotatable bonds is 35. The van der Waals surface area contributed by atoms with Crippen molar-refractivity contribution in [1.29, 1.82) is 0 Å². The van der Waals surface area contributed by atoms with E-state index in [9.17, 15) is 48.6 Å². The van der Waals surface area contributed by atoms with Gasteiger partial charge in [0.05, 0.1) is 13.3 Å². The van der Waals surface area contributed by atoms with Gasteiger partial charge in [-0.15, -0.1) is 26.3 Å². The Hall–Kier alpha value is -6.64. The Balaban J connectivity index is 0.0000113. The molecule has 3 saturated carbocycles. The molecule has 26 heteroatoms. The lowest BCUT2D eigenvalue weighted by Crippen LogP contribution is -2.51. The highest BCUT2D eigenvalue weighted by atomic mass is 16.6. The smallest absolute Gasteiger partial charge is 0.407 e. The third kappa shape index (κ3) is 38.9. The summed E-state index contributed by atoms with van der Waals surface area (Å²) in [5.41, 5.74) is -1.93. The first-order chi connectivity index (χ1) is 44.9. The van der Waals surface area contributed by atoms with Crippen LogP contribution in [0.4, 0.5) is 28.8 Å². The van der Waals surface area contributed by atoms with Crippen molar-refractivity contribution < 1.29 is 77.0 Å². The van der Waals surface area contributed by atoms with Gasteiger partial charge in [0.15, 0.2) is 0 Å². The van der Waals surface area contributed by atoms with Crippen LogP contribution in [0.15, 0.2) is 50.6 Å². The quantitative estimate of drug-likeness (QED) is 0.0159. The van der Waals surface area contributed by atoms with Crippen molar-refractivity contribution in [1.82, 2.24) is 53.2 Å². The zero-order chi connectivity index (χ0) is 72.9. The van der Waals surface area contributed by atoms with Gasteiger partial charge in [0.2, 0.25) is 11.8 Å². The van der Waals surface area contributed by atoms with E-state index in [1.807, 2.05) is 74.5 Å². The number of hydrogen-bond donors (Lipinski definition) is 12. The molecule has 10 unspecified atom stereocenters. The fourth-order valence-electron chi connectivity index (χ4n) is 13.6. The first kappa shape index (κ1) is 87.4. The lowest BCUT2D eigenvalue weighted by Gasteiger charge is -2.46. The second-order valence-electron chi connectivity index (χ2n) is 29.9. The molecule has 96 heavy (non-hydrogen) atoms. The van der Waals surface area contributed by atoms with E-state index in [4.69, 9.17) is 28.4 Å². The van der Waals surface area contributed by atoms with Crippen LogP contribution in [-0.4, -0.2) is 173 Å². The predicted molar refractivity (Wildman–Crippen MR) is 372 cm³/mol. The van der Waals surface area contributed by atoms with Gasteiger partial charge in [-0.3, -0.25) is 20.2 Å². The summed E-state index contributed by atoms with van der Waals surface area (Å²) in [6.45, 7) is 42.2. The number of amides is 8. The first-order valence-electron chi connectivity index (χ1n) is 34.2. The summed E-state index contributed by atoms with van der Waals surface area (Å²) in [6, 6.07) is -0.350. The molecule has 3 fully saturated rings. The van der Waals surface area contributed by atoms with Crippen molar-refractivity contribution in [2.24, 2.45) is 32.5 Å². The van der Waals surface area contributed by atoms with E-state index in [1.54, 1.807) is 12.2 Å². The Bertz CT molecular complexity index is 2440. The lowest BCUT2D eigenvalue weighted by molar-refractivity contribution is -0.121. The van der Waals surface area contributed by atoms with Gasteiger partial charge in [0.25, 0.3) is 0 Å². The minimum absolute atomic E-state index is 0.106. The summed E-state index contributed by atoms with van der Waals surface area (Å²) in [7, 11) is 0. The second kappa shape index (κ2) is 43.6. The average Bonchev–Trinajstić information content (AvgIpc) is 0.819. The maximum absolute atomic E-state index is 13.1. The van der Waals surface area contributed by atoms with Crippen molar-refractivity contribution in [3.05, 3.63) is 50.6 Å². The minimum atomic E-state index is -1.31. The van der Waals surface area contributed by atoms with E-state index < -0.39 is 91.4 Å². The van der Waals surface area contributed by atoms with Gasteiger partial charge in [-0.25, -0.2) is 28.8 Å². The summed E-state index contributed by atoms with van der Waals surface area (Å²) in [4.78, 5) is 102. The van der Waals surface area contributed by atoms with Gasteiger partial charge >= 0.3 is 36.6 Å². The van der Waals surface area contributed by atoms with E-state index in [1.165, 1.54) is 0 Å². The first-order valence-corrected chi connectivity index (χ1v) is 34.2. The van der Waals surface area contributed by atoms with Gasteiger partial charge in [0.1, 0.15) is 50.8 Å². The van der Waals surface area contributed by atoms with Gasteiger partial charge in [-0.1, -0.05) is 100 Å². The van der Waals surface area contributed by atoms with E-state index in [-0.39, 0.29) is 96.4 Å². The van der Waals surface area contributed by atoms with Crippen LogP contribution >= 0.6 is 0 Å². The average molecular weight is 1360 g/mol. The van der Waals surface area contributed by atoms with Gasteiger partial charge in [-0.2, -0.15) is 0 Å². The van der Waals surface area contributed by atoms with Crippen molar-refractivity contribution in [2.45, 2.75) is 255 Å². The standard InChI is InChI=1S/C66H118N10O16.2C2H4/c1-16-51(22-18-20-24-53(79)72-42-70-44(3)4)91-57(83)69-41-66(15)30-47(27-62(9,10)38-66)75-59(85)90-35-49(77)32-87-55(81)67-39-64(13)29-46(26-61(7,8)36-64)74-58(84)89-34-50(78)33-88-56(82)68-40-65(14)31-48(28-63(11,12)37-65)76-60(86)92-52(17-2)23-19-21-25-54(80)73-43-71-45(5)6;2*1-2/h18-21,44-52,70-71,77-78H,16-17,22-43H2,1-15H3,(H,67,81)(H,68,82)(H,69,83)(H,72,79)(H,73,80)(H,74,84)(H,75,85)(H,76,86);2*1-2H2/b20-18+,21-19+;;. The number of nitrogens with one attached hydrogen (secondary N) is 10. The Kier molecular flexibility index (Phi) is 39.7. The highest BCUT2D eigenvalue weighted by Crippen LogP contribution is 2.48. The maximum Gasteiger partial charge on any atom is 0.407 e. The molecule has 0 bridgehead atoms. The van der Waals surface area contributed by atoms with Crippen LogP contribution in [0.5, 0.6) is 0 Å². The molecule has 0 aromatic carbocycles. The third-order valence-corrected chi connectivity index (χ3v) is 16.7. The number of carbonyl (C=O) groups excluding carboxylic acids is 8. The molecule has 0 radical (unpaired) electrons. The molecule has 8 amide bonds. The van der Waals surface area contributed by atoms with Crippen molar-refractivity contribution in [2.75, 3.05) is 59.4 Å². The van der Waals surface area contributed by atoms with Crippen molar-refractivity contribution >= 4 is 48.4 Å². The zero-order valence-electron chi connectivity index (χ0n) is 60.9. The van der Waals surface area contributed by atoms with E-state index in [0.29, 0.717) is 90.5 Å². The topological polar surface area (TPSA) is 353 Å². The third-order valence-electron chi connectivity index (χ3n) is 16.7. The largest absolute Gasteiger partial charge is 0.447 e. The van der Waals surface area contributed by atoms with Crippen LogP contribution < -0.4 is 53.2 Å². The van der Waals surface area contributed by atoms with Crippen molar-refractivity contribution in [3.8, 4) is 0 Å². The molecule has 0 aliphatic heterocycles. The number of ether oxygens (including phenoxy) is 6. The van der Waals surface area contributed by atoms with Crippen molar-refractivity contribution in [3.63, 3.8) is 0 Å². The molecular formula is C70H126N10O16. The van der Waals surface area contributed by atoms with E-state index in [2.05, 4.69) is 121 Å². The SMILES string of the molecule is C=C.C=C.CCC(C/C=C/CC(=O)NCNC(C)C)OC(=O)NCC1(C)CC(NC(=O)OCC(O)COC(=O)NCC2(C)CC(NC(=O)OCC(O)COC(=O)NCC3(C)CC(NC(=O)OC(CC)C/C=C/CC(=O)NCNC(C)C)CC(C)(C)C3)CC(C)(C)C2)CC(C)(C)C1. The van der Waals surface area contributed by atoms with Crippen LogP contribution in [0.1, 0.15) is 200 Å². The second-order valence-corrected chi connectivity index (χ2v) is 29.9. The minimum Gasteiger partial charge on any atom is -0.447 e. The van der Waals surface area contributed by atoms with Crippen LogP contribution in [0.2, 0.25) is 0 Å². The Labute approximate surface area is 573 Å². The molecule has 0 spiro atoms. The zero-order valence-corrected chi connectivity index (χ0v) is 60.9. The summed E-state index contributed by atoms with van der Waals surface area (Å²) in [5.74, 6) is -0.214. The maximum atomic E-state index is 13.1. The normalized spacial score (nSPS) is 23.7. The molecular weight excluding hydrogens is 1240 g/mol. The monoisotopic (exact) mass is 1360 g/mol. The molecule has 26 nitrogen and oxygen atoms in total. The summed E-state index contributed by atoms with van der Waals surface area (Å²) >= 11 is 0. The fraction of sp³-hybridized carbons (Fsp3) is 0.771. The highest BCUT2D eigenvalue weighted by Gasteiger charge is 2.45. The van der Waals surface area contributed by atoms with Gasteiger partial charge in [-0.05, 0) is 131 Å². The molecule has 3 rings (SSSR count). The van der Waals surface area contributed by atoms with Gasteiger partial charge in [0, 0.05) is 75.5 Å². The summed E-state index contributed by atoms with van der Waals surface area (Å²) in [6.07, 6.45) is 8.06. The molecule has 0 aromatic rings. The molecule has 12 N–H and O–H groups in total. The molecule has 552 valence electrons. The molecule has 0 heterocycles. The predicted octanol–water partition coefficient (Wildman–Crippen LogP) is 9.80. The number of aliphatic hydroxyl groups is 2. The number of alkyl carbamates (subject to hydrolysis) is 6. The number of carbonyl (C=O) groups is 8. The highest BCUT2D eigenvalue weighted by molar-refractivity contribution is 5.78. The number of aliphatic hydroxyl groups excluding tert-OH is 2. The lowest BCUT2D eigenvalue weighted by atomic mass is 9.62. The van der Waals surface area contributed by atoms with Crippen LogP contribution in [0.3, 0.4) is 0 Å². The molecule has 10 atom stereocenters.